The van der Waals surface area contributed by atoms with Crippen molar-refractivity contribution < 1.29 is 9.53 Å². The smallest absolute Gasteiger partial charge is 0.222 e. The predicted molar refractivity (Wildman–Crippen MR) is 84.1 cm³/mol. The number of carbonyl (C=O) groups excluding carboxylic acids is 1. The van der Waals surface area contributed by atoms with Crippen LogP contribution in [0.25, 0.3) is 0 Å². The minimum absolute atomic E-state index is 0.344. The number of likely N-dealkylation sites (tertiary alicyclic amines) is 1. The molecule has 1 amide bonds. The average Bonchev–Trinajstić information content (AvgIpc) is 2.53. The van der Waals surface area contributed by atoms with Crippen LogP contribution in [0, 0.1) is 5.92 Å². The highest BCUT2D eigenvalue weighted by Gasteiger charge is 2.24. The van der Waals surface area contributed by atoms with E-state index >= 15 is 0 Å². The standard InChI is InChI=1S/C16H31N3O2/c17-7-3-1-2-4-16(20)19-8-5-15(6-9-19)14-18-10-12-21-13-11-18/h15H,1-14,17H2. The van der Waals surface area contributed by atoms with Gasteiger partial charge in [0.15, 0.2) is 0 Å². The third-order valence-corrected chi connectivity index (χ3v) is 4.68. The average molecular weight is 297 g/mol. The highest BCUT2D eigenvalue weighted by molar-refractivity contribution is 5.76. The number of amides is 1. The van der Waals surface area contributed by atoms with Crippen molar-refractivity contribution in [2.75, 3.05) is 52.5 Å². The molecule has 2 aliphatic heterocycles. The van der Waals surface area contributed by atoms with Crippen LogP contribution in [0.5, 0.6) is 0 Å². The van der Waals surface area contributed by atoms with Crippen LogP contribution in [0.15, 0.2) is 0 Å². The first kappa shape index (κ1) is 16.7. The van der Waals surface area contributed by atoms with Crippen LogP contribution in [0.4, 0.5) is 0 Å². The zero-order valence-electron chi connectivity index (χ0n) is 13.3. The second-order valence-corrected chi connectivity index (χ2v) is 6.34. The van der Waals surface area contributed by atoms with E-state index in [1.807, 2.05) is 0 Å². The summed E-state index contributed by atoms with van der Waals surface area (Å²) in [5.41, 5.74) is 5.47. The van der Waals surface area contributed by atoms with E-state index in [0.29, 0.717) is 12.3 Å². The molecule has 2 saturated heterocycles. The summed E-state index contributed by atoms with van der Waals surface area (Å²) in [6.07, 6.45) is 6.13. The van der Waals surface area contributed by atoms with Gasteiger partial charge in [0.2, 0.25) is 5.91 Å². The number of hydrogen-bond donors (Lipinski definition) is 1. The van der Waals surface area contributed by atoms with Gasteiger partial charge in [0.05, 0.1) is 13.2 Å². The summed E-state index contributed by atoms with van der Waals surface area (Å²) in [6, 6.07) is 0. The van der Waals surface area contributed by atoms with E-state index in [1.54, 1.807) is 0 Å². The quantitative estimate of drug-likeness (QED) is 0.714. The third kappa shape index (κ3) is 5.93. The number of hydrogen-bond acceptors (Lipinski definition) is 4. The van der Waals surface area contributed by atoms with Crippen LogP contribution in [-0.4, -0.2) is 68.2 Å². The molecule has 2 N–H and O–H groups in total. The maximum Gasteiger partial charge on any atom is 0.222 e. The van der Waals surface area contributed by atoms with E-state index in [4.69, 9.17) is 10.5 Å². The monoisotopic (exact) mass is 297 g/mol. The molecule has 122 valence electrons. The van der Waals surface area contributed by atoms with Crippen LogP contribution >= 0.6 is 0 Å². The van der Waals surface area contributed by atoms with Crippen molar-refractivity contribution in [1.29, 1.82) is 0 Å². The molecule has 0 atom stereocenters. The Kier molecular flexibility index (Phi) is 7.47. The Balaban J connectivity index is 1.59. The Labute approximate surface area is 128 Å². The van der Waals surface area contributed by atoms with Gasteiger partial charge in [-0.2, -0.15) is 0 Å². The van der Waals surface area contributed by atoms with Crippen LogP contribution in [0.1, 0.15) is 38.5 Å². The molecule has 2 rings (SSSR count). The van der Waals surface area contributed by atoms with E-state index < -0.39 is 0 Å². The van der Waals surface area contributed by atoms with Gasteiger partial charge in [0.1, 0.15) is 0 Å². The Morgan fingerprint density at radius 3 is 2.43 bits per heavy atom. The van der Waals surface area contributed by atoms with Crippen molar-refractivity contribution in [2.45, 2.75) is 38.5 Å². The van der Waals surface area contributed by atoms with Crippen molar-refractivity contribution in [2.24, 2.45) is 11.7 Å². The SMILES string of the molecule is NCCCCCC(=O)N1CCC(CN2CCOCC2)CC1. The van der Waals surface area contributed by atoms with E-state index in [2.05, 4.69) is 9.80 Å². The number of ether oxygens (including phenoxy) is 1. The van der Waals surface area contributed by atoms with E-state index in [9.17, 15) is 4.79 Å². The Hall–Kier alpha value is -0.650. The molecule has 0 aromatic rings. The lowest BCUT2D eigenvalue weighted by Gasteiger charge is -2.36. The van der Waals surface area contributed by atoms with Gasteiger partial charge in [0, 0.05) is 39.1 Å². The number of morpholine rings is 1. The Morgan fingerprint density at radius 1 is 1.05 bits per heavy atom. The summed E-state index contributed by atoms with van der Waals surface area (Å²) in [6.45, 7) is 7.71. The molecule has 0 spiro atoms. The summed E-state index contributed by atoms with van der Waals surface area (Å²) in [4.78, 5) is 16.7. The maximum atomic E-state index is 12.1. The number of unbranched alkanes of at least 4 members (excludes halogenated alkanes) is 2. The highest BCUT2D eigenvalue weighted by Crippen LogP contribution is 2.20. The Morgan fingerprint density at radius 2 is 1.76 bits per heavy atom. The van der Waals surface area contributed by atoms with Crippen LogP contribution < -0.4 is 5.73 Å². The van der Waals surface area contributed by atoms with Gasteiger partial charge in [-0.25, -0.2) is 0 Å². The summed E-state index contributed by atoms with van der Waals surface area (Å²) >= 11 is 0. The summed E-state index contributed by atoms with van der Waals surface area (Å²) < 4.78 is 5.39. The topological polar surface area (TPSA) is 58.8 Å². The lowest BCUT2D eigenvalue weighted by atomic mass is 9.95. The maximum absolute atomic E-state index is 12.1. The van der Waals surface area contributed by atoms with Gasteiger partial charge in [-0.1, -0.05) is 6.42 Å². The summed E-state index contributed by atoms with van der Waals surface area (Å²) in [5, 5.41) is 0. The predicted octanol–water partition coefficient (Wildman–Crippen LogP) is 1.08. The first-order chi connectivity index (χ1) is 10.3. The second kappa shape index (κ2) is 9.38. The molecule has 2 heterocycles. The fourth-order valence-corrected chi connectivity index (χ4v) is 3.27. The van der Waals surface area contributed by atoms with E-state index in [0.717, 1.165) is 84.0 Å². The molecule has 0 unspecified atom stereocenters. The number of nitrogens with zero attached hydrogens (tertiary/aromatic N) is 2. The summed E-state index contributed by atoms with van der Waals surface area (Å²) in [7, 11) is 0. The second-order valence-electron chi connectivity index (χ2n) is 6.34. The highest BCUT2D eigenvalue weighted by atomic mass is 16.5. The number of carbonyl (C=O) groups is 1. The largest absolute Gasteiger partial charge is 0.379 e. The molecule has 0 radical (unpaired) electrons. The minimum atomic E-state index is 0.344. The molecular weight excluding hydrogens is 266 g/mol. The van der Waals surface area contributed by atoms with Crippen molar-refractivity contribution in [3.8, 4) is 0 Å². The zero-order valence-corrected chi connectivity index (χ0v) is 13.3. The number of nitrogens with two attached hydrogens (primary N) is 1. The number of piperidine rings is 1. The van der Waals surface area contributed by atoms with E-state index in [-0.39, 0.29) is 0 Å². The first-order valence-corrected chi connectivity index (χ1v) is 8.57. The number of rotatable bonds is 7. The normalized spacial score (nSPS) is 21.7. The molecule has 0 aromatic carbocycles. The van der Waals surface area contributed by atoms with Crippen LogP contribution in [0.3, 0.4) is 0 Å². The molecule has 2 fully saturated rings. The lowest BCUT2D eigenvalue weighted by molar-refractivity contribution is -0.132. The molecule has 0 bridgehead atoms. The van der Waals surface area contributed by atoms with Gasteiger partial charge in [-0.15, -0.1) is 0 Å². The fraction of sp³-hybridized carbons (Fsp3) is 0.938. The zero-order chi connectivity index (χ0) is 14.9. The van der Waals surface area contributed by atoms with Crippen molar-refractivity contribution in [3.05, 3.63) is 0 Å². The molecule has 0 aliphatic carbocycles. The van der Waals surface area contributed by atoms with Crippen molar-refractivity contribution in [1.82, 2.24) is 9.80 Å². The molecule has 5 nitrogen and oxygen atoms in total. The first-order valence-electron chi connectivity index (χ1n) is 8.57. The van der Waals surface area contributed by atoms with E-state index in [1.165, 1.54) is 6.54 Å². The van der Waals surface area contributed by atoms with Gasteiger partial charge >= 0.3 is 0 Å². The summed E-state index contributed by atoms with van der Waals surface area (Å²) in [5.74, 6) is 1.10. The molecule has 5 heteroatoms. The Bertz CT molecular complexity index is 298. The molecule has 2 aliphatic rings. The molecular formula is C16H31N3O2. The molecule has 0 aromatic heterocycles. The van der Waals surface area contributed by atoms with Crippen LogP contribution in [0.2, 0.25) is 0 Å². The third-order valence-electron chi connectivity index (χ3n) is 4.68. The molecule has 0 saturated carbocycles. The van der Waals surface area contributed by atoms with Gasteiger partial charge < -0.3 is 15.4 Å². The lowest BCUT2D eigenvalue weighted by Crippen LogP contribution is -2.44. The van der Waals surface area contributed by atoms with Gasteiger partial charge in [0.25, 0.3) is 0 Å². The van der Waals surface area contributed by atoms with Crippen molar-refractivity contribution in [3.63, 3.8) is 0 Å². The van der Waals surface area contributed by atoms with Crippen LogP contribution in [-0.2, 0) is 9.53 Å². The fourth-order valence-electron chi connectivity index (χ4n) is 3.27. The molecule has 21 heavy (non-hydrogen) atoms. The minimum Gasteiger partial charge on any atom is -0.379 e. The van der Waals surface area contributed by atoms with Gasteiger partial charge in [-0.3, -0.25) is 9.69 Å². The van der Waals surface area contributed by atoms with Crippen molar-refractivity contribution >= 4 is 5.91 Å². The van der Waals surface area contributed by atoms with Gasteiger partial charge in [-0.05, 0) is 38.1 Å².